The standard InChI is InChI=1S/C26H25BrCl2N2O2S/c1-30-26(33)24(13-18-5-3-2-4-6-18)31(15-20-9-12-22(28)14-23(20)29)25(32)17-34-16-19-7-10-21(27)11-8-19/h2-12,14,24H,13,15-17H2,1H3,(H,30,33)/t24-/m1/s1. The minimum Gasteiger partial charge on any atom is -0.357 e. The molecule has 0 aliphatic rings. The number of halogens is 3. The van der Waals surface area contributed by atoms with E-state index in [1.807, 2.05) is 54.6 Å². The van der Waals surface area contributed by atoms with Gasteiger partial charge in [0.1, 0.15) is 6.04 Å². The third-order valence-electron chi connectivity index (χ3n) is 5.28. The molecule has 8 heteroatoms. The quantitative estimate of drug-likeness (QED) is 0.303. The van der Waals surface area contributed by atoms with Gasteiger partial charge in [0, 0.05) is 40.3 Å². The molecule has 3 aromatic carbocycles. The molecule has 2 amide bonds. The van der Waals surface area contributed by atoms with E-state index in [4.69, 9.17) is 23.2 Å². The van der Waals surface area contributed by atoms with Gasteiger partial charge in [0.25, 0.3) is 0 Å². The van der Waals surface area contributed by atoms with Crippen LogP contribution in [0.5, 0.6) is 0 Å². The summed E-state index contributed by atoms with van der Waals surface area (Å²) in [5, 5.41) is 3.70. The molecule has 0 aliphatic carbocycles. The Morgan fingerprint density at radius 1 is 1.00 bits per heavy atom. The molecule has 0 heterocycles. The van der Waals surface area contributed by atoms with Crippen LogP contribution < -0.4 is 5.32 Å². The molecule has 1 N–H and O–H groups in total. The molecular weight excluding hydrogens is 555 g/mol. The number of benzene rings is 3. The van der Waals surface area contributed by atoms with Gasteiger partial charge in [0.15, 0.2) is 0 Å². The summed E-state index contributed by atoms with van der Waals surface area (Å²) in [5.74, 6) is 0.583. The summed E-state index contributed by atoms with van der Waals surface area (Å²) in [7, 11) is 1.58. The van der Waals surface area contributed by atoms with Gasteiger partial charge in [-0.05, 0) is 41.0 Å². The van der Waals surface area contributed by atoms with Crippen molar-refractivity contribution in [3.05, 3.63) is 104 Å². The largest absolute Gasteiger partial charge is 0.357 e. The number of amides is 2. The van der Waals surface area contributed by atoms with E-state index in [9.17, 15) is 9.59 Å². The zero-order valence-corrected chi connectivity index (χ0v) is 22.6. The molecule has 3 aromatic rings. The van der Waals surface area contributed by atoms with E-state index in [0.717, 1.165) is 21.2 Å². The third kappa shape index (κ3) is 7.77. The van der Waals surface area contributed by atoms with E-state index in [2.05, 4.69) is 21.2 Å². The van der Waals surface area contributed by atoms with Gasteiger partial charge in [-0.25, -0.2) is 0 Å². The van der Waals surface area contributed by atoms with E-state index in [-0.39, 0.29) is 24.1 Å². The molecule has 0 aliphatic heterocycles. The Morgan fingerprint density at radius 2 is 1.71 bits per heavy atom. The number of thioether (sulfide) groups is 1. The maximum atomic E-state index is 13.5. The second kappa shape index (κ2) is 13.2. The van der Waals surface area contributed by atoms with Gasteiger partial charge in [0.05, 0.1) is 5.75 Å². The predicted octanol–water partition coefficient (Wildman–Crippen LogP) is 6.38. The molecular formula is C26H25BrCl2N2O2S. The Labute approximate surface area is 223 Å². The zero-order valence-electron chi connectivity index (χ0n) is 18.6. The molecule has 3 rings (SSSR count). The summed E-state index contributed by atoms with van der Waals surface area (Å²) in [4.78, 5) is 28.0. The van der Waals surface area contributed by atoms with Crippen LogP contribution in [0.2, 0.25) is 10.0 Å². The highest BCUT2D eigenvalue weighted by Gasteiger charge is 2.30. The van der Waals surface area contributed by atoms with Gasteiger partial charge in [-0.2, -0.15) is 0 Å². The van der Waals surface area contributed by atoms with Crippen LogP contribution in [-0.2, 0) is 28.3 Å². The molecule has 0 radical (unpaired) electrons. The minimum atomic E-state index is -0.681. The lowest BCUT2D eigenvalue weighted by Crippen LogP contribution is -2.50. The van der Waals surface area contributed by atoms with Gasteiger partial charge in [0.2, 0.25) is 11.8 Å². The van der Waals surface area contributed by atoms with Gasteiger partial charge >= 0.3 is 0 Å². The fourth-order valence-electron chi connectivity index (χ4n) is 3.47. The van der Waals surface area contributed by atoms with Gasteiger partial charge in [-0.15, -0.1) is 11.8 Å². The molecule has 0 aromatic heterocycles. The first-order valence-electron chi connectivity index (χ1n) is 10.7. The number of carbonyl (C=O) groups is 2. The Balaban J connectivity index is 1.83. The zero-order chi connectivity index (χ0) is 24.5. The second-order valence-corrected chi connectivity index (χ2v) is 10.4. The molecule has 178 valence electrons. The van der Waals surface area contributed by atoms with Crippen LogP contribution in [0.3, 0.4) is 0 Å². The van der Waals surface area contributed by atoms with Crippen molar-refractivity contribution in [3.8, 4) is 0 Å². The van der Waals surface area contributed by atoms with Crippen molar-refractivity contribution in [2.45, 2.75) is 24.8 Å². The third-order valence-corrected chi connectivity index (χ3v) is 7.38. The molecule has 0 bridgehead atoms. The van der Waals surface area contributed by atoms with E-state index < -0.39 is 6.04 Å². The van der Waals surface area contributed by atoms with Crippen LogP contribution in [0.1, 0.15) is 16.7 Å². The summed E-state index contributed by atoms with van der Waals surface area (Å²) in [6, 6.07) is 22.2. The maximum Gasteiger partial charge on any atom is 0.242 e. The minimum absolute atomic E-state index is 0.127. The second-order valence-electron chi connectivity index (χ2n) is 7.70. The van der Waals surface area contributed by atoms with Crippen molar-refractivity contribution in [1.82, 2.24) is 10.2 Å². The number of nitrogens with one attached hydrogen (secondary N) is 1. The summed E-state index contributed by atoms with van der Waals surface area (Å²) in [6.07, 6.45) is 0.398. The van der Waals surface area contributed by atoms with Crippen LogP contribution in [0.15, 0.2) is 77.3 Å². The lowest BCUT2D eigenvalue weighted by Gasteiger charge is -2.31. The van der Waals surface area contributed by atoms with E-state index in [1.54, 1.807) is 30.1 Å². The van der Waals surface area contributed by atoms with Crippen LogP contribution in [0, 0.1) is 0 Å². The van der Waals surface area contributed by atoms with Crippen LogP contribution in [0.4, 0.5) is 0 Å². The van der Waals surface area contributed by atoms with E-state index >= 15 is 0 Å². The molecule has 0 unspecified atom stereocenters. The van der Waals surface area contributed by atoms with Crippen molar-refractivity contribution >= 4 is 62.7 Å². The Hall–Kier alpha value is -1.99. The number of likely N-dealkylation sites (N-methyl/N-ethyl adjacent to an activating group) is 1. The number of rotatable bonds is 10. The highest BCUT2D eigenvalue weighted by atomic mass is 79.9. The summed E-state index contributed by atoms with van der Waals surface area (Å²) in [6.45, 7) is 0.207. The number of hydrogen-bond acceptors (Lipinski definition) is 3. The van der Waals surface area contributed by atoms with Crippen molar-refractivity contribution < 1.29 is 9.59 Å². The van der Waals surface area contributed by atoms with E-state index in [1.165, 1.54) is 11.8 Å². The smallest absolute Gasteiger partial charge is 0.242 e. The molecule has 0 fully saturated rings. The topological polar surface area (TPSA) is 49.4 Å². The summed E-state index contributed by atoms with van der Waals surface area (Å²) in [5.41, 5.74) is 2.83. The van der Waals surface area contributed by atoms with Crippen molar-refractivity contribution in [1.29, 1.82) is 0 Å². The normalized spacial score (nSPS) is 11.6. The molecule has 1 atom stereocenters. The van der Waals surface area contributed by atoms with Crippen molar-refractivity contribution in [3.63, 3.8) is 0 Å². The lowest BCUT2D eigenvalue weighted by atomic mass is 10.0. The monoisotopic (exact) mass is 578 g/mol. The SMILES string of the molecule is CNC(=O)[C@@H](Cc1ccccc1)N(Cc1ccc(Cl)cc1Cl)C(=O)CSCc1ccc(Br)cc1. The Morgan fingerprint density at radius 3 is 2.35 bits per heavy atom. The first-order valence-corrected chi connectivity index (χ1v) is 13.4. The van der Waals surface area contributed by atoms with Crippen LogP contribution in [0.25, 0.3) is 0 Å². The molecule has 0 saturated carbocycles. The van der Waals surface area contributed by atoms with Crippen LogP contribution in [-0.4, -0.2) is 35.6 Å². The molecule has 4 nitrogen and oxygen atoms in total. The summed E-state index contributed by atoms with van der Waals surface area (Å²) < 4.78 is 1.01. The fraction of sp³-hybridized carbons (Fsp3) is 0.231. The first kappa shape index (κ1) is 26.6. The number of hydrogen-bond donors (Lipinski definition) is 1. The lowest BCUT2D eigenvalue weighted by molar-refractivity contribution is -0.139. The average molecular weight is 580 g/mol. The highest BCUT2D eigenvalue weighted by Crippen LogP contribution is 2.25. The number of nitrogens with zero attached hydrogens (tertiary/aromatic N) is 1. The average Bonchev–Trinajstić information content (AvgIpc) is 2.83. The number of carbonyl (C=O) groups excluding carboxylic acids is 2. The van der Waals surface area contributed by atoms with Crippen LogP contribution >= 0.6 is 50.9 Å². The van der Waals surface area contributed by atoms with Crippen molar-refractivity contribution in [2.24, 2.45) is 0 Å². The summed E-state index contributed by atoms with van der Waals surface area (Å²) >= 11 is 17.4. The molecule has 0 saturated heterocycles. The van der Waals surface area contributed by atoms with Gasteiger partial charge in [-0.3, -0.25) is 9.59 Å². The Kier molecular flexibility index (Phi) is 10.3. The van der Waals surface area contributed by atoms with E-state index in [0.29, 0.717) is 22.2 Å². The highest BCUT2D eigenvalue weighted by molar-refractivity contribution is 9.10. The van der Waals surface area contributed by atoms with Gasteiger partial charge < -0.3 is 10.2 Å². The van der Waals surface area contributed by atoms with Gasteiger partial charge in [-0.1, -0.05) is 87.7 Å². The predicted molar refractivity (Wildman–Crippen MR) is 145 cm³/mol. The Bertz CT molecular complexity index is 1110. The van der Waals surface area contributed by atoms with Crippen molar-refractivity contribution in [2.75, 3.05) is 12.8 Å². The molecule has 34 heavy (non-hydrogen) atoms. The fourth-order valence-corrected chi connectivity index (χ4v) is 5.08. The molecule has 0 spiro atoms. The maximum absolute atomic E-state index is 13.5. The first-order chi connectivity index (χ1) is 16.4.